The van der Waals surface area contributed by atoms with Crippen LogP contribution in [0.5, 0.6) is 23.0 Å². The van der Waals surface area contributed by atoms with Gasteiger partial charge in [0.05, 0.1) is 37.7 Å². The molecule has 10 rings (SSSR count). The van der Waals surface area contributed by atoms with Crippen LogP contribution in [0.15, 0.2) is 79.1 Å². The fourth-order valence-corrected chi connectivity index (χ4v) is 10.4. The lowest BCUT2D eigenvalue weighted by atomic mass is 9.77. The van der Waals surface area contributed by atoms with Gasteiger partial charge in [-0.1, -0.05) is 28.3 Å². The summed E-state index contributed by atoms with van der Waals surface area (Å²) in [6, 6.07) is 11.6. The summed E-state index contributed by atoms with van der Waals surface area (Å²) in [6.07, 6.45) is -6.90. The molecule has 1 amide bonds. The standard InChI is InChI=1S/C44H38F3N7O14S/c45-26-8-18(9-27(46)33(26)47)28-14-54(52-50-28)35-37(60)32(16-56)67-43(39(35)62)69-42-38(61)34(36(59)31(15-55)66-42)53-13-19(49-51-53)12-48-40(63)17-1-4-23-22(7-17)41(64)68-44(23)24-5-2-20(57)10-29(24)65-30-11-21(58)3-6-25(30)44/h1-11,13-14,31-32,34-39,42-43,55-62H,12,15-16H2,(H,48,63)/t31-,32?,34?,35+,36?,37+,38-,39?,42?,43+/m1/s1. The Hall–Kier alpha value is -6.68. The van der Waals surface area contributed by atoms with Crippen LogP contribution in [0.25, 0.3) is 11.3 Å². The number of hydrogen-bond acceptors (Lipinski definition) is 19. The van der Waals surface area contributed by atoms with E-state index in [2.05, 4.69) is 25.9 Å². The van der Waals surface area contributed by atoms with Gasteiger partial charge >= 0.3 is 5.97 Å². The maximum Gasteiger partial charge on any atom is 0.340 e. The number of benzene rings is 4. The van der Waals surface area contributed by atoms with E-state index in [1.165, 1.54) is 42.6 Å². The monoisotopic (exact) mass is 977 g/mol. The number of carbonyl (C=O) groups excluding carboxylic acids is 2. The van der Waals surface area contributed by atoms with Gasteiger partial charge in [-0.3, -0.25) is 4.79 Å². The highest BCUT2D eigenvalue weighted by atomic mass is 32.2. The third-order valence-electron chi connectivity index (χ3n) is 12.4. The summed E-state index contributed by atoms with van der Waals surface area (Å²) >= 11 is 0.665. The average Bonchev–Trinajstić information content (AvgIpc) is 4.08. The number of hydrogen-bond donors (Lipinski definition) is 9. The fraction of sp³-hybridized carbons (Fsp3) is 0.318. The van der Waals surface area contributed by atoms with Gasteiger partial charge in [-0.25, -0.2) is 27.3 Å². The first-order chi connectivity index (χ1) is 33.1. The van der Waals surface area contributed by atoms with Crippen LogP contribution in [-0.4, -0.2) is 143 Å². The largest absolute Gasteiger partial charge is 0.508 e. The van der Waals surface area contributed by atoms with E-state index in [4.69, 9.17) is 18.9 Å². The molecule has 0 aliphatic carbocycles. The van der Waals surface area contributed by atoms with Crippen molar-refractivity contribution in [2.75, 3.05) is 13.2 Å². The molecule has 360 valence electrons. The van der Waals surface area contributed by atoms with Crippen LogP contribution in [-0.2, 0) is 26.4 Å². The van der Waals surface area contributed by atoms with E-state index < -0.39 is 108 Å². The molecular formula is C44H38F3N7O14S. The van der Waals surface area contributed by atoms with Crippen molar-refractivity contribution in [3.8, 4) is 34.3 Å². The van der Waals surface area contributed by atoms with E-state index in [0.29, 0.717) is 40.6 Å². The highest BCUT2D eigenvalue weighted by molar-refractivity contribution is 8.00. The van der Waals surface area contributed by atoms with Crippen LogP contribution in [0.3, 0.4) is 0 Å². The molecule has 0 radical (unpaired) electrons. The Morgan fingerprint density at radius 1 is 0.725 bits per heavy atom. The van der Waals surface area contributed by atoms with Gasteiger partial charge < -0.3 is 65.1 Å². The topological polar surface area (TPSA) is 306 Å². The molecule has 2 saturated heterocycles. The minimum absolute atomic E-state index is 0.0632. The summed E-state index contributed by atoms with van der Waals surface area (Å²) in [5, 5.41) is 105. The molecule has 9 N–H and O–H groups in total. The molecule has 4 aromatic carbocycles. The molecule has 1 spiro atoms. The number of nitrogens with zero attached hydrogens (tertiary/aromatic N) is 6. The van der Waals surface area contributed by atoms with Crippen molar-refractivity contribution in [2.45, 2.75) is 71.7 Å². The van der Waals surface area contributed by atoms with Gasteiger partial charge in [-0.15, -0.1) is 10.2 Å². The van der Waals surface area contributed by atoms with E-state index >= 15 is 0 Å². The number of ether oxygens (including phenoxy) is 4. The van der Waals surface area contributed by atoms with Crippen molar-refractivity contribution in [3.05, 3.63) is 130 Å². The second kappa shape index (κ2) is 17.7. The van der Waals surface area contributed by atoms with Gasteiger partial charge in [-0.2, -0.15) is 0 Å². The van der Waals surface area contributed by atoms with Gasteiger partial charge in [0.25, 0.3) is 5.91 Å². The fourth-order valence-electron chi connectivity index (χ4n) is 9.04. The Labute approximate surface area is 389 Å². The molecule has 2 aromatic heterocycles. The number of aromatic nitrogens is 6. The minimum Gasteiger partial charge on any atom is -0.508 e. The molecule has 6 aromatic rings. The SMILES string of the molecule is O=C(NCc1cn(C2C(O)[C@@H](CO)OC(S[C@@H]3OC(CO)[C@H](O)[C@H](n4cc(-c5cc(F)c(F)c(F)c5)nn4)C3O)[C@@H]2O)nn1)c1ccc2c(c1)C(=O)OC21c2ccc(O)cc2Oc2cc(O)ccc21. The maximum atomic E-state index is 14.0. The Kier molecular flexibility index (Phi) is 11.8. The lowest BCUT2D eigenvalue weighted by Gasteiger charge is -2.46. The summed E-state index contributed by atoms with van der Waals surface area (Å²) in [6.45, 7) is -1.77. The summed E-state index contributed by atoms with van der Waals surface area (Å²) in [7, 11) is 0. The van der Waals surface area contributed by atoms with Crippen LogP contribution in [0.2, 0.25) is 0 Å². The zero-order chi connectivity index (χ0) is 48.6. The first-order valence-electron chi connectivity index (χ1n) is 21.0. The predicted molar refractivity (Wildman–Crippen MR) is 226 cm³/mol. The Bertz CT molecular complexity index is 2930. The maximum absolute atomic E-state index is 14.0. The number of phenolic OH excluding ortho intramolecular Hbond substituents is 2. The molecule has 25 heteroatoms. The van der Waals surface area contributed by atoms with E-state index in [-0.39, 0.29) is 57.6 Å². The number of esters is 1. The molecule has 4 aliphatic rings. The van der Waals surface area contributed by atoms with Crippen LogP contribution in [0, 0.1) is 17.5 Å². The molecule has 2 fully saturated rings. The summed E-state index contributed by atoms with van der Waals surface area (Å²) in [5.74, 6) is -5.95. The Morgan fingerprint density at radius 3 is 1.86 bits per heavy atom. The third kappa shape index (κ3) is 7.80. The highest BCUT2D eigenvalue weighted by Gasteiger charge is 2.55. The Morgan fingerprint density at radius 2 is 1.28 bits per heavy atom. The smallest absolute Gasteiger partial charge is 0.340 e. The van der Waals surface area contributed by atoms with Crippen molar-refractivity contribution < 1.29 is 82.6 Å². The van der Waals surface area contributed by atoms with Crippen LogP contribution in [0.4, 0.5) is 13.2 Å². The molecule has 6 heterocycles. The van der Waals surface area contributed by atoms with Gasteiger partial charge in [0, 0.05) is 39.9 Å². The Balaban J connectivity index is 0.845. The van der Waals surface area contributed by atoms with Crippen molar-refractivity contribution in [2.24, 2.45) is 0 Å². The third-order valence-corrected chi connectivity index (χ3v) is 13.7. The molecule has 5 unspecified atom stereocenters. The van der Waals surface area contributed by atoms with Gasteiger partial charge in [0.2, 0.25) is 0 Å². The number of phenols is 2. The van der Waals surface area contributed by atoms with E-state index in [1.54, 1.807) is 18.2 Å². The number of aliphatic hydroxyl groups is 6. The summed E-state index contributed by atoms with van der Waals surface area (Å²) in [4.78, 5) is 27.1. The van der Waals surface area contributed by atoms with E-state index in [1.807, 2.05) is 0 Å². The van der Waals surface area contributed by atoms with Crippen molar-refractivity contribution in [3.63, 3.8) is 0 Å². The lowest BCUT2D eigenvalue weighted by Crippen LogP contribution is -2.58. The number of aliphatic hydroxyl groups excluding tert-OH is 6. The second-order valence-corrected chi connectivity index (χ2v) is 17.7. The number of rotatable bonds is 10. The molecular weight excluding hydrogens is 940 g/mol. The van der Waals surface area contributed by atoms with Crippen molar-refractivity contribution in [1.29, 1.82) is 0 Å². The first-order valence-corrected chi connectivity index (χ1v) is 21.9. The number of thioether (sulfide) groups is 1. The first kappa shape index (κ1) is 46.1. The molecule has 0 saturated carbocycles. The molecule has 21 nitrogen and oxygen atoms in total. The highest BCUT2D eigenvalue weighted by Crippen LogP contribution is 2.57. The lowest BCUT2D eigenvalue weighted by molar-refractivity contribution is -0.189. The number of aromatic hydroxyl groups is 2. The second-order valence-electron chi connectivity index (χ2n) is 16.5. The summed E-state index contributed by atoms with van der Waals surface area (Å²) in [5.41, 5.74) is -3.29. The molecule has 10 atom stereocenters. The van der Waals surface area contributed by atoms with Gasteiger partial charge in [-0.05, 0) is 48.5 Å². The van der Waals surface area contributed by atoms with Crippen LogP contribution in [0.1, 0.15) is 55.2 Å². The predicted octanol–water partition coefficient (Wildman–Crippen LogP) is 1.26. The number of nitrogens with one attached hydrogen (secondary N) is 1. The van der Waals surface area contributed by atoms with Crippen LogP contribution < -0.4 is 10.1 Å². The minimum atomic E-state index is -1.71. The zero-order valence-electron chi connectivity index (χ0n) is 35.2. The number of fused-ring (bicyclic) bond motifs is 6. The molecule has 69 heavy (non-hydrogen) atoms. The van der Waals surface area contributed by atoms with Gasteiger partial charge in [0.15, 0.2) is 23.1 Å². The average molecular weight is 978 g/mol. The normalized spacial score (nSPS) is 26.7. The van der Waals surface area contributed by atoms with Crippen LogP contribution >= 0.6 is 11.8 Å². The number of amides is 1. The van der Waals surface area contributed by atoms with E-state index in [9.17, 15) is 63.6 Å². The van der Waals surface area contributed by atoms with Crippen molar-refractivity contribution in [1.82, 2.24) is 35.3 Å². The number of carbonyl (C=O) groups is 2. The van der Waals surface area contributed by atoms with Crippen molar-refractivity contribution >= 4 is 23.6 Å². The zero-order valence-corrected chi connectivity index (χ0v) is 36.0. The quantitative estimate of drug-likeness (QED) is 0.0689. The van der Waals surface area contributed by atoms with E-state index in [0.717, 1.165) is 15.6 Å². The number of halogens is 3. The molecule has 0 bridgehead atoms. The summed E-state index contributed by atoms with van der Waals surface area (Å²) < 4.78 is 67.4. The molecule has 4 aliphatic heterocycles. The van der Waals surface area contributed by atoms with Gasteiger partial charge in [0.1, 0.15) is 94.0 Å².